The Kier molecular flexibility index (Phi) is 7.01. The van der Waals surface area contributed by atoms with Gasteiger partial charge in [-0.25, -0.2) is 31.9 Å². The molecule has 5 rings (SSSR count). The maximum absolute atomic E-state index is 15.6. The summed E-state index contributed by atoms with van der Waals surface area (Å²) < 4.78 is 73.9. The summed E-state index contributed by atoms with van der Waals surface area (Å²) in [6.45, 7) is 2.23. The summed E-state index contributed by atoms with van der Waals surface area (Å²) in [4.78, 5) is 36.5. The van der Waals surface area contributed by atoms with Crippen molar-refractivity contribution in [2.24, 2.45) is 0 Å². The van der Waals surface area contributed by atoms with Gasteiger partial charge in [0.2, 0.25) is 0 Å². The van der Waals surface area contributed by atoms with Crippen LogP contribution in [0.3, 0.4) is 0 Å². The fraction of sp³-hybridized carbons (Fsp3) is 0.280. The Morgan fingerprint density at radius 2 is 1.63 bits per heavy atom. The van der Waals surface area contributed by atoms with Crippen molar-refractivity contribution in [2.75, 3.05) is 47.4 Å². The van der Waals surface area contributed by atoms with Gasteiger partial charge >= 0.3 is 5.97 Å². The molecule has 1 saturated heterocycles. The van der Waals surface area contributed by atoms with Crippen LogP contribution in [-0.2, 0) is 10.2 Å². The monoisotopic (exact) mass is 641 g/mol. The second-order valence-corrected chi connectivity index (χ2v) is 10.3. The van der Waals surface area contributed by atoms with Crippen molar-refractivity contribution in [3.8, 4) is 0 Å². The van der Waals surface area contributed by atoms with Crippen LogP contribution >= 0.6 is 15.9 Å². The minimum absolute atomic E-state index is 0.0237. The van der Waals surface area contributed by atoms with E-state index < -0.39 is 81.5 Å². The largest absolute Gasteiger partial charge is 0.480 e. The van der Waals surface area contributed by atoms with Gasteiger partial charge in [0.15, 0.2) is 46.1 Å². The predicted octanol–water partition coefficient (Wildman–Crippen LogP) is 3.25. The first-order valence-corrected chi connectivity index (χ1v) is 12.9. The molecular weight excluding hydrogens is 621 g/mol. The molecule has 216 valence electrons. The zero-order valence-electron chi connectivity index (χ0n) is 21.1. The first-order chi connectivity index (χ1) is 19.3. The molecule has 6 N–H and O–H groups in total. The van der Waals surface area contributed by atoms with Crippen LogP contribution in [0.4, 0.5) is 50.8 Å². The van der Waals surface area contributed by atoms with Gasteiger partial charge in [0.1, 0.15) is 17.3 Å². The Bertz CT molecular complexity index is 1620. The molecule has 1 unspecified atom stereocenters. The molecule has 2 aliphatic heterocycles. The number of ketones is 1. The number of likely N-dealkylation sites (N-methyl/N-ethyl adjacent to an activating group) is 1. The Labute approximate surface area is 237 Å². The highest BCUT2D eigenvalue weighted by Crippen LogP contribution is 2.50. The van der Waals surface area contributed by atoms with E-state index in [1.165, 1.54) is 0 Å². The van der Waals surface area contributed by atoms with Crippen molar-refractivity contribution in [3.05, 3.63) is 63.0 Å². The number of nitrogens with one attached hydrogen (secondary N) is 1. The van der Waals surface area contributed by atoms with Crippen LogP contribution in [0.2, 0.25) is 0 Å². The van der Waals surface area contributed by atoms with E-state index in [0.717, 1.165) is 11.0 Å². The summed E-state index contributed by atoms with van der Waals surface area (Å²) in [5, 5.41) is 13.6. The molecule has 16 heteroatoms. The van der Waals surface area contributed by atoms with Gasteiger partial charge in [-0.2, -0.15) is 0 Å². The molecule has 0 bridgehead atoms. The average Bonchev–Trinajstić information content (AvgIpc) is 2.87. The van der Waals surface area contributed by atoms with Crippen LogP contribution in [0, 0.1) is 29.1 Å². The van der Waals surface area contributed by atoms with Crippen molar-refractivity contribution < 1.29 is 36.6 Å². The van der Waals surface area contributed by atoms with E-state index >= 15 is 13.2 Å². The van der Waals surface area contributed by atoms with Crippen molar-refractivity contribution >= 4 is 56.5 Å². The predicted molar refractivity (Wildman–Crippen MR) is 142 cm³/mol. The number of fused-ring (bicyclic) bond motifs is 1. The minimum Gasteiger partial charge on any atom is -0.480 e. The fourth-order valence-electron chi connectivity index (χ4n) is 5.09. The molecule has 4 heterocycles. The molecule has 0 aliphatic carbocycles. The summed E-state index contributed by atoms with van der Waals surface area (Å²) in [5.74, 6) is -12.1. The van der Waals surface area contributed by atoms with Crippen LogP contribution in [0.15, 0.2) is 22.7 Å². The maximum atomic E-state index is 15.6. The number of carboxylic acid groups (broad SMARTS) is 1. The van der Waals surface area contributed by atoms with Crippen molar-refractivity contribution in [1.29, 1.82) is 0 Å². The van der Waals surface area contributed by atoms with Gasteiger partial charge in [-0.15, -0.1) is 0 Å². The first-order valence-electron chi connectivity index (χ1n) is 12.1. The molecule has 0 amide bonds. The third-order valence-corrected chi connectivity index (χ3v) is 7.83. The van der Waals surface area contributed by atoms with Crippen LogP contribution in [0.5, 0.6) is 0 Å². The lowest BCUT2D eigenvalue weighted by Crippen LogP contribution is -2.59. The van der Waals surface area contributed by atoms with Crippen LogP contribution in [0.25, 0.3) is 0 Å². The van der Waals surface area contributed by atoms with Crippen LogP contribution in [-0.4, -0.2) is 59.0 Å². The van der Waals surface area contributed by atoms with Crippen LogP contribution < -0.4 is 26.6 Å². The molecular formula is C25H21BrF5N7O3. The summed E-state index contributed by atoms with van der Waals surface area (Å²) in [6, 6.07) is 1.40. The van der Waals surface area contributed by atoms with E-state index in [-0.39, 0.29) is 28.0 Å². The number of hydrogen-bond acceptors (Lipinski definition) is 9. The van der Waals surface area contributed by atoms with E-state index in [9.17, 15) is 23.5 Å². The molecule has 0 radical (unpaired) electrons. The quantitative estimate of drug-likeness (QED) is 0.233. The maximum Gasteiger partial charge on any atom is 0.325 e. The zero-order valence-corrected chi connectivity index (χ0v) is 22.7. The SMILES string of the molecule is CCNC1CN(c2c(F)cc3c(c2Br)N(c2nc(N)c(F)cc2F)CC(C(=O)O)(c2nc(N)c(F)cc2F)C3=O)C1. The molecule has 0 spiro atoms. The third kappa shape index (κ3) is 4.32. The van der Waals surface area contributed by atoms with Crippen LogP contribution in [0.1, 0.15) is 23.0 Å². The third-order valence-electron chi connectivity index (χ3n) is 7.08. The summed E-state index contributed by atoms with van der Waals surface area (Å²) in [7, 11) is 0. The molecule has 2 aromatic heterocycles. The van der Waals surface area contributed by atoms with Gasteiger partial charge in [0.25, 0.3) is 0 Å². The highest BCUT2D eigenvalue weighted by molar-refractivity contribution is 9.10. The molecule has 41 heavy (non-hydrogen) atoms. The number of nitrogens with two attached hydrogens (primary N) is 2. The smallest absolute Gasteiger partial charge is 0.325 e. The normalized spacial score (nSPS) is 18.9. The topological polar surface area (TPSA) is 151 Å². The fourth-order valence-corrected chi connectivity index (χ4v) is 5.96. The average molecular weight is 642 g/mol. The number of carboxylic acids is 1. The minimum atomic E-state index is -3.00. The summed E-state index contributed by atoms with van der Waals surface area (Å²) in [6.07, 6.45) is 0. The van der Waals surface area contributed by atoms with Crippen molar-refractivity contribution in [1.82, 2.24) is 15.3 Å². The summed E-state index contributed by atoms with van der Waals surface area (Å²) >= 11 is 3.28. The van der Waals surface area contributed by atoms with E-state index in [0.29, 0.717) is 25.7 Å². The number of hydrogen-bond donors (Lipinski definition) is 4. The first kappa shape index (κ1) is 28.5. The summed E-state index contributed by atoms with van der Waals surface area (Å²) in [5.41, 5.74) is 6.07. The number of carbonyl (C=O) groups excluding carboxylic acids is 1. The molecule has 0 saturated carbocycles. The number of carbonyl (C=O) groups is 2. The van der Waals surface area contributed by atoms with Gasteiger partial charge in [-0.1, -0.05) is 6.92 Å². The van der Waals surface area contributed by atoms with Gasteiger partial charge < -0.3 is 31.7 Å². The number of aromatic nitrogens is 2. The lowest BCUT2D eigenvalue weighted by molar-refractivity contribution is -0.141. The van der Waals surface area contributed by atoms with Crippen molar-refractivity contribution in [2.45, 2.75) is 18.4 Å². The molecule has 1 fully saturated rings. The second-order valence-electron chi connectivity index (χ2n) is 9.55. The van der Waals surface area contributed by atoms with E-state index in [4.69, 9.17) is 11.5 Å². The van der Waals surface area contributed by atoms with Crippen molar-refractivity contribution in [3.63, 3.8) is 0 Å². The van der Waals surface area contributed by atoms with E-state index in [1.807, 2.05) is 6.92 Å². The Hall–Kier alpha value is -4.05. The number of anilines is 5. The van der Waals surface area contributed by atoms with Gasteiger partial charge in [-0.05, 0) is 28.5 Å². The Morgan fingerprint density at radius 3 is 2.24 bits per heavy atom. The molecule has 1 atom stereocenters. The van der Waals surface area contributed by atoms with Gasteiger partial charge in [0.05, 0.1) is 22.4 Å². The lowest BCUT2D eigenvalue weighted by atomic mass is 9.73. The molecule has 3 aromatic rings. The number of rotatable bonds is 6. The van der Waals surface area contributed by atoms with Gasteiger partial charge in [0, 0.05) is 36.8 Å². The molecule has 2 aliphatic rings. The number of nitrogen functional groups attached to an aromatic ring is 2. The highest BCUT2D eigenvalue weighted by Gasteiger charge is 2.57. The number of halogens is 6. The number of benzene rings is 1. The number of nitrogens with zero attached hydrogens (tertiary/aromatic N) is 4. The lowest BCUT2D eigenvalue weighted by Gasteiger charge is -2.44. The van der Waals surface area contributed by atoms with Gasteiger partial charge in [-0.3, -0.25) is 9.59 Å². The number of pyridine rings is 2. The molecule has 1 aromatic carbocycles. The highest BCUT2D eigenvalue weighted by atomic mass is 79.9. The zero-order chi connectivity index (χ0) is 30.0. The molecule has 10 nitrogen and oxygen atoms in total. The Balaban J connectivity index is 1.80. The van der Waals surface area contributed by atoms with E-state index in [1.54, 1.807) is 4.90 Å². The Morgan fingerprint density at radius 1 is 1.02 bits per heavy atom. The second kappa shape index (κ2) is 10.1. The standard InChI is InChI=1S/C25H21BrF5N7O3/c1-2-34-9-6-37(7-9)18-11(27)3-10-17(16(18)26)38(23-15(31)5-14(30)22(33)36-23)8-25(20(10)39,24(40)41)19-12(28)4-13(29)21(32)35-19/h3-5,9,34H,2,6-8H2,1H3,(H2,32,35)(H2,33,36)(H,40,41). The number of Topliss-reactive ketones (excluding diaryl/α,β-unsaturated/α-hetero) is 1. The number of aliphatic carboxylic acids is 1. The van der Waals surface area contributed by atoms with E-state index in [2.05, 4.69) is 31.2 Å².